The fourth-order valence-corrected chi connectivity index (χ4v) is 4.67. The zero-order valence-electron chi connectivity index (χ0n) is 18.7. The summed E-state index contributed by atoms with van der Waals surface area (Å²) < 4.78 is 22.1. The molecule has 1 heterocycles. The van der Waals surface area contributed by atoms with Crippen molar-refractivity contribution in [2.75, 3.05) is 14.2 Å². The van der Waals surface area contributed by atoms with Gasteiger partial charge in [-0.3, -0.25) is 4.79 Å². The molecule has 0 aromatic heterocycles. The van der Waals surface area contributed by atoms with E-state index in [0.717, 1.165) is 5.56 Å². The minimum atomic E-state index is -0.812. The van der Waals surface area contributed by atoms with Crippen LogP contribution in [0.1, 0.15) is 36.3 Å². The average Bonchev–Trinajstić information content (AvgIpc) is 2.82. The first-order valence-electron chi connectivity index (χ1n) is 10.6. The maximum Gasteiger partial charge on any atom is 0.340 e. The van der Waals surface area contributed by atoms with Gasteiger partial charge in [0.05, 0.1) is 25.2 Å². The Morgan fingerprint density at radius 1 is 1.15 bits per heavy atom. The van der Waals surface area contributed by atoms with Crippen molar-refractivity contribution in [3.63, 3.8) is 0 Å². The van der Waals surface area contributed by atoms with Crippen LogP contribution in [0.15, 0.2) is 59.2 Å². The summed E-state index contributed by atoms with van der Waals surface area (Å²) in [5, 5.41) is 0.802. The number of rotatable bonds is 6. The molecule has 0 spiro atoms. The maximum absolute atomic E-state index is 12.9. The summed E-state index contributed by atoms with van der Waals surface area (Å²) in [6.07, 6.45) is 1.53. The van der Waals surface area contributed by atoms with Crippen molar-refractivity contribution in [1.29, 1.82) is 0 Å². The number of carbonyl (C=O) groups is 2. The van der Waals surface area contributed by atoms with Gasteiger partial charge in [0.15, 0.2) is 17.3 Å². The minimum absolute atomic E-state index is 0.0411. The van der Waals surface area contributed by atoms with Crippen LogP contribution in [0.3, 0.4) is 0 Å². The Balaban J connectivity index is 1.78. The number of Topliss-reactive ketones (excluding diaryl/α,β-unsaturated/α-hetero) is 1. The first-order chi connectivity index (χ1) is 16.3. The quantitative estimate of drug-likeness (QED) is 0.551. The standard InChI is InChI=1S/C25H23Cl2NO6/c1-31-19-11-14(10-16(27)23(19)33-12-13-6-3-4-7-15(13)26)20-21-17(29)8-5-9-18(21)34-24(28)22(20)25(30)32-2/h3-4,6-7,10-11,20H,5,8-9,12,28H2,1-2H3/t20-/m1/s1. The highest BCUT2D eigenvalue weighted by molar-refractivity contribution is 6.32. The molecule has 0 saturated heterocycles. The van der Waals surface area contributed by atoms with Crippen LogP contribution in [-0.4, -0.2) is 26.0 Å². The van der Waals surface area contributed by atoms with Gasteiger partial charge in [-0.15, -0.1) is 0 Å². The van der Waals surface area contributed by atoms with Crippen molar-refractivity contribution < 1.29 is 28.5 Å². The molecule has 0 bridgehead atoms. The summed E-state index contributed by atoms with van der Waals surface area (Å²) in [7, 11) is 2.72. The Morgan fingerprint density at radius 2 is 1.91 bits per heavy atom. The van der Waals surface area contributed by atoms with Crippen LogP contribution in [0, 0.1) is 0 Å². The highest BCUT2D eigenvalue weighted by atomic mass is 35.5. The topological polar surface area (TPSA) is 97.1 Å². The lowest BCUT2D eigenvalue weighted by Gasteiger charge is -2.32. The molecule has 1 aliphatic carbocycles. The number of carbonyl (C=O) groups excluding carboxylic acids is 2. The molecule has 7 nitrogen and oxygen atoms in total. The van der Waals surface area contributed by atoms with E-state index in [1.807, 2.05) is 18.2 Å². The molecule has 2 N–H and O–H groups in total. The van der Waals surface area contributed by atoms with Gasteiger partial charge in [-0.05, 0) is 30.2 Å². The fourth-order valence-electron chi connectivity index (χ4n) is 4.21. The van der Waals surface area contributed by atoms with Gasteiger partial charge in [-0.2, -0.15) is 0 Å². The van der Waals surface area contributed by atoms with Crippen molar-refractivity contribution in [3.05, 3.63) is 80.4 Å². The number of ketones is 1. The highest BCUT2D eigenvalue weighted by Crippen LogP contribution is 2.47. The van der Waals surface area contributed by atoms with E-state index in [2.05, 4.69) is 0 Å². The molecule has 0 amide bonds. The van der Waals surface area contributed by atoms with Gasteiger partial charge in [0, 0.05) is 29.0 Å². The second-order valence-corrected chi connectivity index (χ2v) is 8.65. The van der Waals surface area contributed by atoms with Gasteiger partial charge < -0.3 is 24.7 Å². The molecule has 0 radical (unpaired) electrons. The van der Waals surface area contributed by atoms with Crippen molar-refractivity contribution in [2.45, 2.75) is 31.8 Å². The number of benzene rings is 2. The molecule has 1 aliphatic heterocycles. The van der Waals surface area contributed by atoms with Crippen LogP contribution < -0.4 is 15.2 Å². The molecule has 9 heteroatoms. The van der Waals surface area contributed by atoms with Crippen molar-refractivity contribution in [1.82, 2.24) is 0 Å². The van der Waals surface area contributed by atoms with Crippen molar-refractivity contribution >= 4 is 35.0 Å². The van der Waals surface area contributed by atoms with Gasteiger partial charge >= 0.3 is 5.97 Å². The van der Waals surface area contributed by atoms with E-state index in [-0.39, 0.29) is 28.9 Å². The van der Waals surface area contributed by atoms with Crippen molar-refractivity contribution in [2.24, 2.45) is 5.73 Å². The lowest BCUT2D eigenvalue weighted by molar-refractivity contribution is -0.136. The third-order valence-electron chi connectivity index (χ3n) is 5.80. The lowest BCUT2D eigenvalue weighted by Crippen LogP contribution is -2.31. The molecule has 0 saturated carbocycles. The molecule has 4 rings (SSSR count). The normalized spacial score (nSPS) is 17.8. The highest BCUT2D eigenvalue weighted by Gasteiger charge is 2.41. The summed E-state index contributed by atoms with van der Waals surface area (Å²) in [5.74, 6) is -0.626. The van der Waals surface area contributed by atoms with Gasteiger partial charge in [0.25, 0.3) is 0 Å². The number of halogens is 2. The predicted octanol–water partition coefficient (Wildman–Crippen LogP) is 5.05. The van der Waals surface area contributed by atoms with Crippen LogP contribution >= 0.6 is 23.2 Å². The number of allylic oxidation sites excluding steroid dienone is 2. The molecular weight excluding hydrogens is 481 g/mol. The van der Waals surface area contributed by atoms with E-state index in [4.69, 9.17) is 47.9 Å². The molecule has 2 aromatic rings. The van der Waals surface area contributed by atoms with E-state index in [1.165, 1.54) is 14.2 Å². The Morgan fingerprint density at radius 3 is 2.62 bits per heavy atom. The van der Waals surface area contributed by atoms with Crippen LogP contribution in [0.5, 0.6) is 11.5 Å². The van der Waals surface area contributed by atoms with Gasteiger partial charge in [0.2, 0.25) is 5.88 Å². The zero-order valence-corrected chi connectivity index (χ0v) is 20.2. The van der Waals surface area contributed by atoms with E-state index < -0.39 is 11.9 Å². The summed E-state index contributed by atoms with van der Waals surface area (Å²) in [5.41, 5.74) is 7.84. The molecule has 1 atom stereocenters. The Bertz CT molecular complexity index is 1220. The van der Waals surface area contributed by atoms with E-state index >= 15 is 0 Å². The van der Waals surface area contributed by atoms with E-state index in [9.17, 15) is 9.59 Å². The largest absolute Gasteiger partial charge is 0.493 e. The number of nitrogens with two attached hydrogens (primary N) is 1. The summed E-state index contributed by atoms with van der Waals surface area (Å²) in [6, 6.07) is 10.6. The SMILES string of the molecule is COC(=O)C1=C(N)OC2=C(C(=O)CCC2)[C@H]1c1cc(Cl)c(OCc2ccccc2Cl)c(OC)c1. The lowest BCUT2D eigenvalue weighted by atomic mass is 9.77. The van der Waals surface area contributed by atoms with Gasteiger partial charge in [-0.25, -0.2) is 4.79 Å². The maximum atomic E-state index is 12.9. The molecule has 178 valence electrons. The van der Waals surface area contributed by atoms with Gasteiger partial charge in [-0.1, -0.05) is 41.4 Å². The third kappa shape index (κ3) is 4.45. The van der Waals surface area contributed by atoms with Crippen LogP contribution in [0.2, 0.25) is 10.0 Å². The Labute approximate surface area is 207 Å². The molecule has 2 aliphatic rings. The fraction of sp³-hybridized carbons (Fsp3) is 0.280. The number of hydrogen-bond donors (Lipinski definition) is 1. The Hall–Kier alpha value is -3.16. The van der Waals surface area contributed by atoms with Crippen LogP contribution in [0.25, 0.3) is 0 Å². The van der Waals surface area contributed by atoms with Crippen molar-refractivity contribution in [3.8, 4) is 11.5 Å². The molecule has 2 aromatic carbocycles. The number of methoxy groups -OCH3 is 2. The monoisotopic (exact) mass is 503 g/mol. The molecule has 34 heavy (non-hydrogen) atoms. The molecular formula is C25H23Cl2NO6. The summed E-state index contributed by atoms with van der Waals surface area (Å²) >= 11 is 12.8. The average molecular weight is 504 g/mol. The molecule has 0 unspecified atom stereocenters. The zero-order chi connectivity index (χ0) is 24.4. The Kier molecular flexibility index (Phi) is 7.05. The molecule has 0 fully saturated rings. The second kappa shape index (κ2) is 9.99. The van der Waals surface area contributed by atoms with E-state index in [1.54, 1.807) is 18.2 Å². The third-order valence-corrected chi connectivity index (χ3v) is 6.45. The van der Waals surface area contributed by atoms with Gasteiger partial charge in [0.1, 0.15) is 17.9 Å². The van der Waals surface area contributed by atoms with Crippen LogP contribution in [-0.2, 0) is 25.7 Å². The van der Waals surface area contributed by atoms with E-state index in [0.29, 0.717) is 52.7 Å². The number of esters is 1. The predicted molar refractivity (Wildman–Crippen MR) is 127 cm³/mol. The summed E-state index contributed by atoms with van der Waals surface area (Å²) in [6.45, 7) is 0.167. The first-order valence-corrected chi connectivity index (χ1v) is 11.4. The smallest absolute Gasteiger partial charge is 0.340 e. The number of hydrogen-bond acceptors (Lipinski definition) is 7. The second-order valence-electron chi connectivity index (χ2n) is 7.83. The number of ether oxygens (including phenoxy) is 4. The first kappa shape index (κ1) is 24.0. The van der Waals surface area contributed by atoms with Crippen LogP contribution in [0.4, 0.5) is 0 Å². The summed E-state index contributed by atoms with van der Waals surface area (Å²) in [4.78, 5) is 25.6. The minimum Gasteiger partial charge on any atom is -0.493 e.